The van der Waals surface area contributed by atoms with Gasteiger partial charge in [-0.05, 0) is 63.3 Å². The molecule has 6 atom stereocenters. The molecule has 2 fully saturated rings. The zero-order chi connectivity index (χ0) is 31.3. The van der Waals surface area contributed by atoms with E-state index in [0.29, 0.717) is 26.1 Å². The van der Waals surface area contributed by atoms with E-state index in [0.717, 1.165) is 17.9 Å². The first-order valence-electron chi connectivity index (χ1n) is 15.6. The highest BCUT2D eigenvalue weighted by Crippen LogP contribution is 2.62. The highest BCUT2D eigenvalue weighted by Gasteiger charge is 2.72. The van der Waals surface area contributed by atoms with Gasteiger partial charge < -0.3 is 24.5 Å². The van der Waals surface area contributed by atoms with Gasteiger partial charge in [0.1, 0.15) is 11.8 Å². The lowest BCUT2D eigenvalue weighted by molar-refractivity contribution is -0.149. The Labute approximate surface area is 260 Å². The van der Waals surface area contributed by atoms with E-state index in [1.807, 2.05) is 55.2 Å². The Morgan fingerprint density at radius 3 is 2.30 bits per heavy atom. The molecule has 234 valence electrons. The summed E-state index contributed by atoms with van der Waals surface area (Å²) >= 11 is 1.58. The Morgan fingerprint density at radius 2 is 1.70 bits per heavy atom. The van der Waals surface area contributed by atoms with Crippen LogP contribution in [0, 0.1) is 17.3 Å². The van der Waals surface area contributed by atoms with Gasteiger partial charge in [0.2, 0.25) is 17.7 Å². The summed E-state index contributed by atoms with van der Waals surface area (Å²) in [7, 11) is 0. The maximum Gasteiger partial charge on any atom is 0.247 e. The topological polar surface area (TPSA) is 90.4 Å². The van der Waals surface area contributed by atoms with Gasteiger partial charge in [-0.2, -0.15) is 0 Å². The number of thioether (sulfide) groups is 1. The minimum absolute atomic E-state index is 0.0148. The van der Waals surface area contributed by atoms with Crippen LogP contribution in [0.2, 0.25) is 0 Å². The van der Waals surface area contributed by atoms with Gasteiger partial charge in [-0.1, -0.05) is 52.0 Å². The number of anilines is 1. The Hall–Kier alpha value is -2.78. The Bertz CT molecular complexity index is 1300. The van der Waals surface area contributed by atoms with E-state index in [1.165, 1.54) is 0 Å². The van der Waals surface area contributed by atoms with Crippen molar-refractivity contribution in [3.63, 3.8) is 0 Å². The molecule has 4 aliphatic heterocycles. The molecule has 0 aliphatic carbocycles. The van der Waals surface area contributed by atoms with Gasteiger partial charge in [0.15, 0.2) is 0 Å². The van der Waals surface area contributed by atoms with Gasteiger partial charge in [-0.3, -0.25) is 14.4 Å². The van der Waals surface area contributed by atoms with E-state index in [1.54, 1.807) is 21.6 Å². The van der Waals surface area contributed by atoms with Crippen LogP contribution < -0.4 is 9.64 Å². The van der Waals surface area contributed by atoms with Crippen molar-refractivity contribution < 1.29 is 24.2 Å². The van der Waals surface area contributed by atoms with Crippen LogP contribution in [0.3, 0.4) is 0 Å². The number of hydrogen-bond acceptors (Lipinski definition) is 6. The average molecular weight is 610 g/mol. The summed E-state index contributed by atoms with van der Waals surface area (Å²) in [5.41, 5.74) is 0.263. The van der Waals surface area contributed by atoms with E-state index in [-0.39, 0.29) is 35.0 Å². The van der Waals surface area contributed by atoms with Crippen molar-refractivity contribution in [3.8, 4) is 5.75 Å². The van der Waals surface area contributed by atoms with Crippen molar-refractivity contribution >= 4 is 35.2 Å². The number of amides is 3. The maximum absolute atomic E-state index is 14.8. The Morgan fingerprint density at radius 1 is 1.00 bits per heavy atom. The van der Waals surface area contributed by atoms with Crippen molar-refractivity contribution in [2.24, 2.45) is 17.3 Å². The Kier molecular flexibility index (Phi) is 8.55. The first-order chi connectivity index (χ1) is 20.3. The molecule has 43 heavy (non-hydrogen) atoms. The fourth-order valence-corrected chi connectivity index (χ4v) is 9.94. The fourth-order valence-electron chi connectivity index (χ4n) is 7.94. The third kappa shape index (κ3) is 5.41. The third-order valence-corrected chi connectivity index (χ3v) is 11.1. The molecule has 4 heterocycles. The van der Waals surface area contributed by atoms with Crippen LogP contribution in [0.5, 0.6) is 5.75 Å². The molecule has 1 N–H and O–H groups in total. The van der Waals surface area contributed by atoms with Crippen LogP contribution in [0.4, 0.5) is 5.69 Å². The smallest absolute Gasteiger partial charge is 0.247 e. The number of nitrogens with zero attached hydrogens (tertiary/aromatic N) is 3. The van der Waals surface area contributed by atoms with Gasteiger partial charge in [0, 0.05) is 29.6 Å². The van der Waals surface area contributed by atoms with Crippen molar-refractivity contribution in [2.75, 3.05) is 31.2 Å². The molecular formula is C34H47N3O5S. The fraction of sp³-hybridized carbons (Fsp3) is 0.618. The summed E-state index contributed by atoms with van der Waals surface area (Å²) in [6.45, 7) is 15.7. The largest absolute Gasteiger partial charge is 0.494 e. The molecule has 0 saturated carbocycles. The molecule has 4 aliphatic rings. The van der Waals surface area contributed by atoms with Crippen LogP contribution in [-0.2, 0) is 14.4 Å². The number of carbonyl (C=O) groups excluding carboxylic acids is 3. The highest BCUT2D eigenvalue weighted by atomic mass is 32.2. The number of aliphatic hydroxyl groups is 1. The van der Waals surface area contributed by atoms with Crippen LogP contribution in [0.15, 0.2) is 48.6 Å². The van der Waals surface area contributed by atoms with Gasteiger partial charge in [0.25, 0.3) is 0 Å². The minimum atomic E-state index is -0.916. The van der Waals surface area contributed by atoms with Crippen LogP contribution >= 0.6 is 11.8 Å². The van der Waals surface area contributed by atoms with Gasteiger partial charge in [0.05, 0.1) is 35.8 Å². The van der Waals surface area contributed by atoms with E-state index in [2.05, 4.69) is 46.8 Å². The zero-order valence-corrected chi connectivity index (χ0v) is 27.4. The monoisotopic (exact) mass is 609 g/mol. The molecule has 1 aromatic rings. The van der Waals surface area contributed by atoms with Crippen LogP contribution in [0.1, 0.15) is 61.3 Å². The molecule has 0 aromatic heterocycles. The van der Waals surface area contributed by atoms with E-state index in [4.69, 9.17) is 4.74 Å². The molecule has 5 rings (SSSR count). The summed E-state index contributed by atoms with van der Waals surface area (Å²) in [6.07, 6.45) is 9.43. The summed E-state index contributed by atoms with van der Waals surface area (Å²) in [4.78, 5) is 49.2. The van der Waals surface area contributed by atoms with Crippen LogP contribution in [0.25, 0.3) is 0 Å². The van der Waals surface area contributed by atoms with E-state index >= 15 is 0 Å². The molecule has 3 amide bonds. The summed E-state index contributed by atoms with van der Waals surface area (Å²) in [5, 5.41) is 10.2. The molecule has 8 nitrogen and oxygen atoms in total. The molecule has 0 radical (unpaired) electrons. The number of benzene rings is 1. The summed E-state index contributed by atoms with van der Waals surface area (Å²) in [6, 6.07) is 6.15. The predicted molar refractivity (Wildman–Crippen MR) is 171 cm³/mol. The van der Waals surface area contributed by atoms with Crippen LogP contribution in [-0.4, -0.2) is 86.6 Å². The lowest BCUT2D eigenvalue weighted by Crippen LogP contribution is -2.60. The normalized spacial score (nSPS) is 29.8. The Balaban J connectivity index is 1.58. The highest BCUT2D eigenvalue weighted by molar-refractivity contribution is 8.02. The lowest BCUT2D eigenvalue weighted by Gasteiger charge is -2.45. The third-order valence-electron chi connectivity index (χ3n) is 9.33. The SMILES string of the molecule is CCOc1ccc(N2CC=C[C@H]3S[C@]45C=CCN(C(C)(C)CC(C)(C)C)C(=O)C4N([C@@H](CC)CO)C(=O)[C@@H]5[C@H]3C2=O)cc1. The molecule has 0 bridgehead atoms. The second-order valence-corrected chi connectivity index (χ2v) is 15.5. The van der Waals surface area contributed by atoms with Gasteiger partial charge in [-0.25, -0.2) is 0 Å². The number of rotatable bonds is 8. The molecule has 1 unspecified atom stereocenters. The zero-order valence-electron chi connectivity index (χ0n) is 26.6. The van der Waals surface area contributed by atoms with Crippen molar-refractivity contribution in [2.45, 2.75) is 88.9 Å². The first kappa shape index (κ1) is 31.6. The summed E-state index contributed by atoms with van der Waals surface area (Å²) in [5.74, 6) is -1.06. The molecule has 1 aromatic carbocycles. The molecular weight excluding hydrogens is 562 g/mol. The molecule has 9 heteroatoms. The number of aliphatic hydroxyl groups excluding tert-OH is 1. The van der Waals surface area contributed by atoms with E-state index in [9.17, 15) is 19.5 Å². The number of fused-ring (bicyclic) bond motifs is 2. The maximum atomic E-state index is 14.8. The summed E-state index contributed by atoms with van der Waals surface area (Å²) < 4.78 is 4.68. The number of ether oxygens (including phenoxy) is 1. The molecule has 1 spiro atoms. The van der Waals surface area contributed by atoms with Crippen molar-refractivity contribution in [1.29, 1.82) is 0 Å². The predicted octanol–water partition coefficient (Wildman–Crippen LogP) is 4.67. The quantitative estimate of drug-likeness (QED) is 0.431. The van der Waals surface area contributed by atoms with Gasteiger partial charge >= 0.3 is 0 Å². The van der Waals surface area contributed by atoms with Crippen molar-refractivity contribution in [3.05, 3.63) is 48.6 Å². The second kappa shape index (κ2) is 11.6. The second-order valence-electron chi connectivity index (χ2n) is 14.0. The average Bonchev–Trinajstić information content (AvgIpc) is 3.24. The number of likely N-dealkylation sites (tertiary alicyclic amines) is 1. The number of carbonyl (C=O) groups is 3. The van der Waals surface area contributed by atoms with E-state index < -0.39 is 34.2 Å². The lowest BCUT2D eigenvalue weighted by atomic mass is 9.77. The van der Waals surface area contributed by atoms with Gasteiger partial charge in [-0.15, -0.1) is 11.8 Å². The minimum Gasteiger partial charge on any atom is -0.494 e. The van der Waals surface area contributed by atoms with Crippen molar-refractivity contribution in [1.82, 2.24) is 9.80 Å². The number of hydrogen-bond donors (Lipinski definition) is 1. The standard InChI is InChI=1S/C34H47N3O5S/c1-8-22(20-38)37-28-31(41)36(33(6,7)21-32(3,4)5)19-11-17-34(28)27(30(37)40)26-25(43-34)12-10-18-35(29(26)39)23-13-15-24(16-14-23)42-9-2/h10-17,22,25-28,38H,8-9,18-21H2,1-7H3/t22-,25+,26-,27-,28?,34-/m0/s1. The first-order valence-corrected chi connectivity index (χ1v) is 16.5. The molecule has 2 saturated heterocycles.